The number of hydrogen-bond donors (Lipinski definition) is 2. The number of anilines is 1. The first-order valence-electron chi connectivity index (χ1n) is 6.67. The Labute approximate surface area is 123 Å². The van der Waals surface area contributed by atoms with Gasteiger partial charge in [0.05, 0.1) is 5.69 Å². The summed E-state index contributed by atoms with van der Waals surface area (Å²) >= 11 is 5.97. The maximum Gasteiger partial charge on any atom is 0.322 e. The zero-order valence-corrected chi connectivity index (χ0v) is 12.3. The van der Waals surface area contributed by atoms with Crippen molar-refractivity contribution in [3.63, 3.8) is 0 Å². The first-order chi connectivity index (χ1) is 9.52. The molecule has 1 aromatic carbocycles. The highest BCUT2D eigenvalue weighted by atomic mass is 35.5. The Hall–Kier alpha value is -1.75. The molecule has 0 radical (unpaired) electrons. The normalized spacial score (nSPS) is 14.7. The maximum atomic E-state index is 12.2. The molecule has 1 aliphatic heterocycles. The lowest BCUT2D eigenvalue weighted by Gasteiger charge is -2.21. The number of urea groups is 1. The summed E-state index contributed by atoms with van der Waals surface area (Å²) < 4.78 is 0. The second kappa shape index (κ2) is 6.13. The summed E-state index contributed by atoms with van der Waals surface area (Å²) in [6, 6.07) is 4.69. The van der Waals surface area contributed by atoms with Gasteiger partial charge in [0.15, 0.2) is 0 Å². The van der Waals surface area contributed by atoms with Gasteiger partial charge in [-0.3, -0.25) is 9.69 Å². The molecule has 0 bridgehead atoms. The number of fused-ring (bicyclic) bond motifs is 1. The van der Waals surface area contributed by atoms with Gasteiger partial charge in [-0.05, 0) is 38.0 Å². The van der Waals surface area contributed by atoms with Gasteiger partial charge in [-0.25, -0.2) is 4.79 Å². The van der Waals surface area contributed by atoms with E-state index >= 15 is 0 Å². The van der Waals surface area contributed by atoms with Crippen LogP contribution >= 0.6 is 11.6 Å². The van der Waals surface area contributed by atoms with E-state index in [0.29, 0.717) is 18.1 Å². The third kappa shape index (κ3) is 3.04. The van der Waals surface area contributed by atoms with Crippen LogP contribution in [0.5, 0.6) is 0 Å². The molecule has 0 saturated heterocycles. The van der Waals surface area contributed by atoms with Crippen LogP contribution in [0, 0.1) is 0 Å². The van der Waals surface area contributed by atoms with Gasteiger partial charge in [0.25, 0.3) is 0 Å². The Morgan fingerprint density at radius 1 is 1.45 bits per heavy atom. The van der Waals surface area contributed by atoms with Crippen molar-refractivity contribution in [2.24, 2.45) is 0 Å². The van der Waals surface area contributed by atoms with Crippen LogP contribution in [-0.4, -0.2) is 31.1 Å². The lowest BCUT2D eigenvalue weighted by Crippen LogP contribution is -2.49. The van der Waals surface area contributed by atoms with Gasteiger partial charge < -0.3 is 10.6 Å². The maximum absolute atomic E-state index is 12.2. The van der Waals surface area contributed by atoms with Gasteiger partial charge >= 0.3 is 6.03 Å². The molecule has 5 nitrogen and oxygen atoms in total. The Kier molecular flexibility index (Phi) is 4.49. The number of hydrogen-bond acceptors (Lipinski definition) is 2. The van der Waals surface area contributed by atoms with Gasteiger partial charge in [0.2, 0.25) is 5.91 Å². The second-order valence-electron chi connectivity index (χ2n) is 4.74. The van der Waals surface area contributed by atoms with Gasteiger partial charge in [-0.2, -0.15) is 0 Å². The molecule has 0 unspecified atom stereocenters. The predicted molar refractivity (Wildman–Crippen MR) is 79.2 cm³/mol. The van der Waals surface area contributed by atoms with E-state index in [1.807, 2.05) is 19.1 Å². The summed E-state index contributed by atoms with van der Waals surface area (Å²) in [5, 5.41) is 5.97. The third-order valence-electron chi connectivity index (χ3n) is 3.27. The fourth-order valence-electron chi connectivity index (χ4n) is 2.22. The molecule has 1 aliphatic rings. The van der Waals surface area contributed by atoms with Crippen molar-refractivity contribution in [1.29, 1.82) is 0 Å². The van der Waals surface area contributed by atoms with Crippen molar-refractivity contribution >= 4 is 29.2 Å². The average Bonchev–Trinajstić information content (AvgIpc) is 2.81. The Morgan fingerprint density at radius 3 is 2.90 bits per heavy atom. The van der Waals surface area contributed by atoms with Crippen LogP contribution in [0.25, 0.3) is 0 Å². The van der Waals surface area contributed by atoms with Gasteiger partial charge in [-0.15, -0.1) is 0 Å². The zero-order chi connectivity index (χ0) is 14.7. The molecule has 2 rings (SSSR count). The molecule has 0 aromatic heterocycles. The van der Waals surface area contributed by atoms with Gasteiger partial charge in [0, 0.05) is 18.1 Å². The smallest absolute Gasteiger partial charge is 0.322 e. The highest BCUT2D eigenvalue weighted by molar-refractivity contribution is 6.31. The summed E-state index contributed by atoms with van der Waals surface area (Å²) in [4.78, 5) is 25.5. The van der Waals surface area contributed by atoms with E-state index in [4.69, 9.17) is 11.6 Å². The van der Waals surface area contributed by atoms with Crippen LogP contribution in [0.2, 0.25) is 5.02 Å². The highest BCUT2D eigenvalue weighted by Gasteiger charge is 2.26. The van der Waals surface area contributed by atoms with Crippen LogP contribution in [0.3, 0.4) is 0 Å². The largest absolute Gasteiger partial charge is 0.355 e. The number of likely N-dealkylation sites (N-methyl/N-ethyl adjacent to an activating group) is 1. The molecule has 108 valence electrons. The van der Waals surface area contributed by atoms with Gasteiger partial charge in [-0.1, -0.05) is 17.7 Å². The molecule has 0 fully saturated rings. The minimum Gasteiger partial charge on any atom is -0.355 e. The van der Waals surface area contributed by atoms with Crippen molar-refractivity contribution in [2.45, 2.75) is 26.3 Å². The molecule has 6 heteroatoms. The molecular formula is C14H18ClN3O2. The molecular weight excluding hydrogens is 278 g/mol. The number of amides is 3. The topological polar surface area (TPSA) is 61.4 Å². The summed E-state index contributed by atoms with van der Waals surface area (Å²) in [6.45, 7) is 4.65. The lowest BCUT2D eigenvalue weighted by molar-refractivity contribution is -0.122. The van der Waals surface area contributed by atoms with E-state index < -0.39 is 6.04 Å². The molecule has 0 saturated carbocycles. The first kappa shape index (κ1) is 14.7. The number of rotatable bonds is 3. The van der Waals surface area contributed by atoms with Crippen molar-refractivity contribution in [3.05, 3.63) is 28.8 Å². The van der Waals surface area contributed by atoms with E-state index in [2.05, 4.69) is 10.6 Å². The molecule has 1 aromatic rings. The minimum atomic E-state index is -0.564. The summed E-state index contributed by atoms with van der Waals surface area (Å²) in [7, 11) is 0. The van der Waals surface area contributed by atoms with E-state index in [0.717, 1.165) is 17.7 Å². The van der Waals surface area contributed by atoms with Gasteiger partial charge in [0.1, 0.15) is 6.04 Å². The standard InChI is InChI=1S/C14H18ClN3O2/c1-3-16-13(19)9(2)17-14(20)18-7-6-10-4-5-11(15)8-12(10)18/h4-5,8-9H,3,6-7H2,1-2H3,(H,16,19)(H,17,20)/t9-/m0/s1. The zero-order valence-electron chi connectivity index (χ0n) is 11.6. The highest BCUT2D eigenvalue weighted by Crippen LogP contribution is 2.30. The predicted octanol–water partition coefficient (Wildman–Crippen LogP) is 1.94. The van der Waals surface area contributed by atoms with E-state index in [1.165, 1.54) is 0 Å². The summed E-state index contributed by atoms with van der Waals surface area (Å²) in [5.41, 5.74) is 1.91. The van der Waals surface area contributed by atoms with Crippen molar-refractivity contribution in [1.82, 2.24) is 10.6 Å². The molecule has 20 heavy (non-hydrogen) atoms. The molecule has 1 heterocycles. The van der Waals surface area contributed by atoms with E-state index in [9.17, 15) is 9.59 Å². The van der Waals surface area contributed by atoms with Crippen LogP contribution in [0.1, 0.15) is 19.4 Å². The second-order valence-corrected chi connectivity index (χ2v) is 5.18. The van der Waals surface area contributed by atoms with Crippen LogP contribution < -0.4 is 15.5 Å². The Morgan fingerprint density at radius 2 is 2.20 bits per heavy atom. The van der Waals surface area contributed by atoms with Crippen molar-refractivity contribution < 1.29 is 9.59 Å². The fourth-order valence-corrected chi connectivity index (χ4v) is 2.39. The van der Waals surface area contributed by atoms with Crippen LogP contribution in [0.15, 0.2) is 18.2 Å². The summed E-state index contributed by atoms with van der Waals surface area (Å²) in [5.74, 6) is -0.189. The summed E-state index contributed by atoms with van der Waals surface area (Å²) in [6.07, 6.45) is 0.801. The first-order valence-corrected chi connectivity index (χ1v) is 7.05. The number of nitrogens with one attached hydrogen (secondary N) is 2. The van der Waals surface area contributed by atoms with Crippen molar-refractivity contribution in [3.8, 4) is 0 Å². The molecule has 0 spiro atoms. The Bertz CT molecular complexity index is 533. The SMILES string of the molecule is CCNC(=O)[C@H](C)NC(=O)N1CCc2ccc(Cl)cc21. The Balaban J connectivity index is 2.05. The molecule has 3 amide bonds. The third-order valence-corrected chi connectivity index (χ3v) is 3.51. The number of carbonyl (C=O) groups excluding carboxylic acids is 2. The number of benzene rings is 1. The van der Waals surface area contributed by atoms with Crippen molar-refractivity contribution in [2.75, 3.05) is 18.0 Å². The average molecular weight is 296 g/mol. The molecule has 1 atom stereocenters. The minimum absolute atomic E-state index is 0.189. The van der Waals surface area contributed by atoms with E-state index in [-0.39, 0.29) is 11.9 Å². The van der Waals surface area contributed by atoms with Crippen LogP contribution in [0.4, 0.5) is 10.5 Å². The fraction of sp³-hybridized carbons (Fsp3) is 0.429. The van der Waals surface area contributed by atoms with Crippen LogP contribution in [-0.2, 0) is 11.2 Å². The molecule has 0 aliphatic carbocycles. The number of carbonyl (C=O) groups is 2. The molecule has 2 N–H and O–H groups in total. The number of nitrogens with zero attached hydrogens (tertiary/aromatic N) is 1. The lowest BCUT2D eigenvalue weighted by atomic mass is 10.2. The van der Waals surface area contributed by atoms with E-state index in [1.54, 1.807) is 17.9 Å². The quantitative estimate of drug-likeness (QED) is 0.895. The monoisotopic (exact) mass is 295 g/mol. The number of halogens is 1.